The predicted molar refractivity (Wildman–Crippen MR) is 70.7 cm³/mol. The van der Waals surface area contributed by atoms with Crippen LogP contribution in [0.4, 0.5) is 0 Å². The van der Waals surface area contributed by atoms with Gasteiger partial charge in [0.1, 0.15) is 0 Å². The molecule has 0 radical (unpaired) electrons. The first-order chi connectivity index (χ1) is 7.78. The van der Waals surface area contributed by atoms with Crippen LogP contribution in [0.1, 0.15) is 46.7 Å². The van der Waals surface area contributed by atoms with Crippen LogP contribution >= 0.6 is 0 Å². The van der Waals surface area contributed by atoms with E-state index >= 15 is 0 Å². The number of aromatic nitrogens is 2. The number of hydrogen-bond acceptors (Lipinski definition) is 2. The molecule has 2 rings (SSSR count). The van der Waals surface area contributed by atoms with Gasteiger partial charge in [-0.3, -0.25) is 0 Å². The van der Waals surface area contributed by atoms with Crippen molar-refractivity contribution in [2.24, 2.45) is 11.3 Å². The second-order valence-electron chi connectivity index (χ2n) is 7.03. The third-order valence-corrected chi connectivity index (χ3v) is 3.73. The Morgan fingerprint density at radius 2 is 2.12 bits per heavy atom. The molecule has 1 unspecified atom stereocenters. The zero-order valence-electron chi connectivity index (χ0n) is 11.7. The summed E-state index contributed by atoms with van der Waals surface area (Å²) in [6, 6.07) is 0. The summed E-state index contributed by atoms with van der Waals surface area (Å²) in [6.07, 6.45) is 5.29. The first-order valence-electron chi connectivity index (χ1n) is 6.52. The Labute approximate surface area is 105 Å². The molecule has 0 aliphatic heterocycles. The zero-order valence-corrected chi connectivity index (χ0v) is 11.7. The van der Waals surface area contributed by atoms with Crippen molar-refractivity contribution in [3.8, 4) is 0 Å². The molecule has 17 heavy (non-hydrogen) atoms. The van der Waals surface area contributed by atoms with Crippen LogP contribution < -0.4 is 5.32 Å². The fourth-order valence-electron chi connectivity index (χ4n) is 2.14. The first-order valence-corrected chi connectivity index (χ1v) is 6.52. The summed E-state index contributed by atoms with van der Waals surface area (Å²) >= 11 is 0. The molecule has 3 heteroatoms. The van der Waals surface area contributed by atoms with Gasteiger partial charge in [-0.1, -0.05) is 13.8 Å². The van der Waals surface area contributed by atoms with E-state index in [4.69, 9.17) is 0 Å². The molecular weight excluding hydrogens is 210 g/mol. The molecule has 0 aromatic carbocycles. The lowest BCUT2D eigenvalue weighted by atomic mass is 10.1. The van der Waals surface area contributed by atoms with E-state index < -0.39 is 0 Å². The Morgan fingerprint density at radius 3 is 2.65 bits per heavy atom. The fourth-order valence-corrected chi connectivity index (χ4v) is 2.14. The van der Waals surface area contributed by atoms with Gasteiger partial charge in [0.25, 0.3) is 0 Å². The van der Waals surface area contributed by atoms with Gasteiger partial charge in [-0.05, 0) is 38.5 Å². The van der Waals surface area contributed by atoms with Crippen LogP contribution in [0.25, 0.3) is 0 Å². The first kappa shape index (κ1) is 12.6. The van der Waals surface area contributed by atoms with Crippen molar-refractivity contribution in [1.82, 2.24) is 14.9 Å². The van der Waals surface area contributed by atoms with Gasteiger partial charge in [0.15, 0.2) is 0 Å². The highest BCUT2D eigenvalue weighted by Crippen LogP contribution is 2.52. The molecule has 1 aliphatic rings. The van der Waals surface area contributed by atoms with Gasteiger partial charge in [-0.15, -0.1) is 0 Å². The maximum absolute atomic E-state index is 4.27. The van der Waals surface area contributed by atoms with Crippen molar-refractivity contribution >= 4 is 0 Å². The van der Waals surface area contributed by atoms with Gasteiger partial charge in [-0.2, -0.15) is 0 Å². The van der Waals surface area contributed by atoms with Gasteiger partial charge in [0.05, 0.1) is 12.0 Å². The van der Waals surface area contributed by atoms with Gasteiger partial charge in [0, 0.05) is 24.8 Å². The highest BCUT2D eigenvalue weighted by Gasteiger charge is 2.45. The van der Waals surface area contributed by atoms with Crippen molar-refractivity contribution in [2.45, 2.75) is 59.7 Å². The molecule has 0 bridgehead atoms. The van der Waals surface area contributed by atoms with E-state index in [1.54, 1.807) is 0 Å². The van der Waals surface area contributed by atoms with E-state index in [2.05, 4.69) is 49.5 Å². The van der Waals surface area contributed by atoms with Crippen molar-refractivity contribution in [2.75, 3.05) is 0 Å². The van der Waals surface area contributed by atoms with Crippen LogP contribution in [-0.2, 0) is 13.1 Å². The molecule has 1 aliphatic carbocycles. The minimum Gasteiger partial charge on any atom is -0.333 e. The standard InChI is InChI=1S/C14H25N3/c1-13(2,3)16-8-12-7-15-10-17(12)9-11-6-14(11,4)5/h7,10-11,16H,6,8-9H2,1-5H3. The van der Waals surface area contributed by atoms with E-state index in [0.717, 1.165) is 19.0 Å². The SMILES string of the molecule is CC(C)(C)NCc1cncn1CC1CC1(C)C. The van der Waals surface area contributed by atoms with Crippen molar-refractivity contribution < 1.29 is 0 Å². The van der Waals surface area contributed by atoms with E-state index in [1.807, 2.05) is 12.5 Å². The van der Waals surface area contributed by atoms with Crippen molar-refractivity contribution in [3.63, 3.8) is 0 Å². The summed E-state index contributed by atoms with van der Waals surface area (Å²) in [4.78, 5) is 4.27. The summed E-state index contributed by atoms with van der Waals surface area (Å²) in [7, 11) is 0. The Bertz CT molecular complexity index is 384. The molecule has 1 aromatic heterocycles. The van der Waals surface area contributed by atoms with E-state index in [1.165, 1.54) is 12.1 Å². The van der Waals surface area contributed by atoms with Crippen LogP contribution in [0.5, 0.6) is 0 Å². The number of nitrogens with one attached hydrogen (secondary N) is 1. The largest absolute Gasteiger partial charge is 0.333 e. The maximum atomic E-state index is 4.27. The van der Waals surface area contributed by atoms with Gasteiger partial charge < -0.3 is 9.88 Å². The molecule has 0 spiro atoms. The summed E-state index contributed by atoms with van der Waals surface area (Å²) in [5.41, 5.74) is 2.00. The maximum Gasteiger partial charge on any atom is 0.0948 e. The summed E-state index contributed by atoms with van der Waals surface area (Å²) < 4.78 is 2.30. The molecule has 0 amide bonds. The van der Waals surface area contributed by atoms with Crippen LogP contribution in [0, 0.1) is 11.3 Å². The summed E-state index contributed by atoms with van der Waals surface area (Å²) in [6.45, 7) is 13.3. The van der Waals surface area contributed by atoms with Crippen LogP contribution in [-0.4, -0.2) is 15.1 Å². The second kappa shape index (κ2) is 4.13. The Balaban J connectivity index is 1.93. The van der Waals surface area contributed by atoms with E-state index in [0.29, 0.717) is 5.41 Å². The smallest absolute Gasteiger partial charge is 0.0948 e. The topological polar surface area (TPSA) is 29.9 Å². The summed E-state index contributed by atoms with van der Waals surface area (Å²) in [5, 5.41) is 3.52. The normalized spacial score (nSPS) is 22.8. The Hall–Kier alpha value is -0.830. The molecule has 1 fully saturated rings. The molecule has 0 saturated heterocycles. The van der Waals surface area contributed by atoms with Crippen molar-refractivity contribution in [1.29, 1.82) is 0 Å². The van der Waals surface area contributed by atoms with E-state index in [9.17, 15) is 0 Å². The third-order valence-electron chi connectivity index (χ3n) is 3.73. The second-order valence-corrected chi connectivity index (χ2v) is 7.03. The highest BCUT2D eigenvalue weighted by atomic mass is 15.1. The zero-order chi connectivity index (χ0) is 12.7. The molecular formula is C14H25N3. The average Bonchev–Trinajstić information content (AvgIpc) is 2.59. The van der Waals surface area contributed by atoms with Gasteiger partial charge in [-0.25, -0.2) is 4.98 Å². The average molecular weight is 235 g/mol. The van der Waals surface area contributed by atoms with Crippen molar-refractivity contribution in [3.05, 3.63) is 18.2 Å². The quantitative estimate of drug-likeness (QED) is 0.869. The van der Waals surface area contributed by atoms with Crippen LogP contribution in [0.2, 0.25) is 0 Å². The number of rotatable bonds is 4. The Kier molecular flexibility index (Phi) is 3.06. The molecule has 1 saturated carbocycles. The molecule has 96 valence electrons. The number of imidazole rings is 1. The number of hydrogen-bond donors (Lipinski definition) is 1. The summed E-state index contributed by atoms with van der Waals surface area (Å²) in [5.74, 6) is 0.824. The molecule has 3 nitrogen and oxygen atoms in total. The molecule has 1 heterocycles. The predicted octanol–water partition coefficient (Wildman–Crippen LogP) is 2.82. The number of nitrogens with zero attached hydrogens (tertiary/aromatic N) is 2. The lowest BCUT2D eigenvalue weighted by Gasteiger charge is -2.21. The fraction of sp³-hybridized carbons (Fsp3) is 0.786. The molecule has 1 atom stereocenters. The minimum atomic E-state index is 0.161. The molecule has 1 N–H and O–H groups in total. The lowest BCUT2D eigenvalue weighted by Crippen LogP contribution is -2.35. The Morgan fingerprint density at radius 1 is 1.47 bits per heavy atom. The lowest BCUT2D eigenvalue weighted by molar-refractivity contribution is 0.410. The van der Waals surface area contributed by atoms with Gasteiger partial charge >= 0.3 is 0 Å². The minimum absolute atomic E-state index is 0.161. The van der Waals surface area contributed by atoms with Crippen LogP contribution in [0.3, 0.4) is 0 Å². The molecule has 1 aromatic rings. The van der Waals surface area contributed by atoms with E-state index in [-0.39, 0.29) is 5.54 Å². The van der Waals surface area contributed by atoms with Gasteiger partial charge in [0.2, 0.25) is 0 Å². The van der Waals surface area contributed by atoms with Crippen LogP contribution in [0.15, 0.2) is 12.5 Å². The highest BCUT2D eigenvalue weighted by molar-refractivity contribution is 5.02. The third kappa shape index (κ3) is 3.32. The monoisotopic (exact) mass is 235 g/mol.